The molecule has 18 heavy (non-hydrogen) atoms. The van der Waals surface area contributed by atoms with Gasteiger partial charge >= 0.3 is 0 Å². The molecule has 0 radical (unpaired) electrons. The molecule has 2 N–H and O–H groups in total. The summed E-state index contributed by atoms with van der Waals surface area (Å²) in [4.78, 5) is 1.06. The molecule has 2 atom stereocenters. The van der Waals surface area contributed by atoms with E-state index in [4.69, 9.17) is 5.73 Å². The first kappa shape index (κ1) is 14.0. The van der Waals surface area contributed by atoms with E-state index >= 15 is 0 Å². The SMILES string of the molecule is Cc1cc(S(=O)(=O)N2CC[C@@H](N)C[C@H]2C)sc1C. The highest BCUT2D eigenvalue weighted by Crippen LogP contribution is 2.31. The minimum atomic E-state index is -3.34. The summed E-state index contributed by atoms with van der Waals surface area (Å²) in [6.07, 6.45) is 1.48. The molecule has 1 fully saturated rings. The van der Waals surface area contributed by atoms with E-state index in [1.54, 1.807) is 10.4 Å². The third-order valence-electron chi connectivity index (χ3n) is 3.56. The van der Waals surface area contributed by atoms with Crippen LogP contribution in [0.5, 0.6) is 0 Å². The fraction of sp³-hybridized carbons (Fsp3) is 0.667. The second-order valence-electron chi connectivity index (χ2n) is 5.05. The van der Waals surface area contributed by atoms with Crippen molar-refractivity contribution < 1.29 is 8.42 Å². The minimum Gasteiger partial charge on any atom is -0.328 e. The van der Waals surface area contributed by atoms with Crippen molar-refractivity contribution in [1.82, 2.24) is 4.31 Å². The van der Waals surface area contributed by atoms with Crippen molar-refractivity contribution in [2.75, 3.05) is 6.54 Å². The Morgan fingerprint density at radius 2 is 2.11 bits per heavy atom. The Morgan fingerprint density at radius 1 is 1.44 bits per heavy atom. The van der Waals surface area contributed by atoms with Crippen LogP contribution in [0.2, 0.25) is 0 Å². The van der Waals surface area contributed by atoms with E-state index in [0.29, 0.717) is 10.8 Å². The first-order chi connectivity index (χ1) is 8.32. The molecule has 0 amide bonds. The maximum atomic E-state index is 12.6. The molecule has 1 aromatic rings. The number of rotatable bonds is 2. The van der Waals surface area contributed by atoms with Crippen LogP contribution in [0.15, 0.2) is 10.3 Å². The van der Waals surface area contributed by atoms with Gasteiger partial charge in [-0.3, -0.25) is 0 Å². The molecule has 1 saturated heterocycles. The topological polar surface area (TPSA) is 63.4 Å². The number of aryl methyl sites for hydroxylation is 2. The van der Waals surface area contributed by atoms with Gasteiger partial charge in [0.1, 0.15) is 4.21 Å². The highest BCUT2D eigenvalue weighted by Gasteiger charge is 2.34. The second-order valence-corrected chi connectivity index (χ2v) is 8.43. The molecular weight excluding hydrogens is 268 g/mol. The van der Waals surface area contributed by atoms with Crippen LogP contribution in [-0.4, -0.2) is 31.4 Å². The highest BCUT2D eigenvalue weighted by molar-refractivity contribution is 7.91. The lowest BCUT2D eigenvalue weighted by molar-refractivity contribution is 0.247. The number of hydrogen-bond donors (Lipinski definition) is 1. The molecule has 1 aliphatic heterocycles. The van der Waals surface area contributed by atoms with E-state index in [1.807, 2.05) is 20.8 Å². The van der Waals surface area contributed by atoms with Crippen LogP contribution in [0, 0.1) is 13.8 Å². The van der Waals surface area contributed by atoms with Gasteiger partial charge in [-0.1, -0.05) is 0 Å². The van der Waals surface area contributed by atoms with Crippen LogP contribution in [0.25, 0.3) is 0 Å². The average Bonchev–Trinajstić information content (AvgIpc) is 2.59. The molecule has 0 spiro atoms. The van der Waals surface area contributed by atoms with Gasteiger partial charge in [-0.05, 0) is 45.2 Å². The molecule has 2 heterocycles. The van der Waals surface area contributed by atoms with Gasteiger partial charge in [0.15, 0.2) is 0 Å². The second kappa shape index (κ2) is 4.92. The maximum Gasteiger partial charge on any atom is 0.252 e. The fourth-order valence-corrected chi connectivity index (χ4v) is 5.63. The van der Waals surface area contributed by atoms with Crippen LogP contribution in [0.1, 0.15) is 30.2 Å². The van der Waals surface area contributed by atoms with Crippen LogP contribution < -0.4 is 5.73 Å². The number of nitrogens with zero attached hydrogens (tertiary/aromatic N) is 1. The van der Waals surface area contributed by atoms with Crippen molar-refractivity contribution in [3.05, 3.63) is 16.5 Å². The Kier molecular flexibility index (Phi) is 3.82. The summed E-state index contributed by atoms with van der Waals surface area (Å²) >= 11 is 1.36. The third-order valence-corrected chi connectivity index (χ3v) is 7.18. The molecule has 0 aliphatic carbocycles. The third kappa shape index (κ3) is 2.47. The molecule has 0 unspecified atom stereocenters. The Labute approximate surface area is 113 Å². The summed E-state index contributed by atoms with van der Waals surface area (Å²) < 4.78 is 27.2. The van der Waals surface area contributed by atoms with Gasteiger partial charge in [-0.15, -0.1) is 11.3 Å². The number of sulfonamides is 1. The van der Waals surface area contributed by atoms with Crippen LogP contribution in [0.3, 0.4) is 0 Å². The lowest BCUT2D eigenvalue weighted by atomic mass is 10.0. The summed E-state index contributed by atoms with van der Waals surface area (Å²) in [5, 5.41) is 0. The number of nitrogens with two attached hydrogens (primary N) is 1. The first-order valence-corrected chi connectivity index (χ1v) is 8.42. The van der Waals surface area contributed by atoms with Gasteiger partial charge < -0.3 is 5.73 Å². The summed E-state index contributed by atoms with van der Waals surface area (Å²) in [5.41, 5.74) is 6.92. The lowest BCUT2D eigenvalue weighted by Crippen LogP contribution is -2.48. The smallest absolute Gasteiger partial charge is 0.252 e. The molecule has 2 rings (SSSR count). The zero-order valence-corrected chi connectivity index (χ0v) is 12.6. The maximum absolute atomic E-state index is 12.6. The van der Waals surface area contributed by atoms with E-state index in [2.05, 4.69) is 0 Å². The zero-order valence-electron chi connectivity index (χ0n) is 11.0. The van der Waals surface area contributed by atoms with Crippen LogP contribution in [-0.2, 0) is 10.0 Å². The summed E-state index contributed by atoms with van der Waals surface area (Å²) in [6, 6.07) is 1.89. The van der Waals surface area contributed by atoms with Gasteiger partial charge in [0, 0.05) is 23.5 Å². The molecule has 1 aromatic heterocycles. The normalized spacial score (nSPS) is 26.4. The summed E-state index contributed by atoms with van der Waals surface area (Å²) in [7, 11) is -3.34. The minimum absolute atomic E-state index is 0.0125. The quantitative estimate of drug-likeness (QED) is 0.903. The predicted molar refractivity (Wildman–Crippen MR) is 74.4 cm³/mol. The van der Waals surface area contributed by atoms with Crippen molar-refractivity contribution in [1.29, 1.82) is 0 Å². The van der Waals surface area contributed by atoms with Gasteiger partial charge in [0.25, 0.3) is 10.0 Å². The zero-order chi connectivity index (χ0) is 13.5. The summed E-state index contributed by atoms with van der Waals surface area (Å²) in [5.74, 6) is 0. The van der Waals surface area contributed by atoms with E-state index in [0.717, 1.165) is 23.3 Å². The number of piperidine rings is 1. The highest BCUT2D eigenvalue weighted by atomic mass is 32.2. The molecule has 0 bridgehead atoms. The van der Waals surface area contributed by atoms with Gasteiger partial charge in [0.2, 0.25) is 0 Å². The Morgan fingerprint density at radius 3 is 2.61 bits per heavy atom. The van der Waals surface area contributed by atoms with Crippen LogP contribution >= 0.6 is 11.3 Å². The molecule has 102 valence electrons. The Balaban J connectivity index is 2.31. The molecular formula is C12H20N2O2S2. The predicted octanol–water partition coefficient (Wildman–Crippen LogP) is 1.87. The fourth-order valence-electron chi connectivity index (χ4n) is 2.33. The summed E-state index contributed by atoms with van der Waals surface area (Å²) in [6.45, 7) is 6.36. The lowest BCUT2D eigenvalue weighted by Gasteiger charge is -2.34. The number of hydrogen-bond acceptors (Lipinski definition) is 4. The standard InChI is InChI=1S/C12H20N2O2S2/c1-8-6-12(17-10(8)3)18(15,16)14-5-4-11(13)7-9(14)2/h6,9,11H,4-5,7,13H2,1-3H3/t9-,11-/m1/s1. The molecule has 6 heteroatoms. The molecule has 4 nitrogen and oxygen atoms in total. The van der Waals surface area contributed by atoms with Crippen molar-refractivity contribution in [2.24, 2.45) is 5.73 Å². The molecule has 0 saturated carbocycles. The Bertz CT molecular complexity index is 517. The first-order valence-electron chi connectivity index (χ1n) is 6.17. The van der Waals surface area contributed by atoms with Crippen molar-refractivity contribution in [2.45, 2.75) is 49.9 Å². The van der Waals surface area contributed by atoms with Crippen molar-refractivity contribution in [3.8, 4) is 0 Å². The largest absolute Gasteiger partial charge is 0.328 e. The van der Waals surface area contributed by atoms with Gasteiger partial charge in [0.05, 0.1) is 0 Å². The van der Waals surface area contributed by atoms with Crippen molar-refractivity contribution in [3.63, 3.8) is 0 Å². The van der Waals surface area contributed by atoms with Crippen molar-refractivity contribution >= 4 is 21.4 Å². The van der Waals surface area contributed by atoms with Crippen LogP contribution in [0.4, 0.5) is 0 Å². The van der Waals surface area contributed by atoms with E-state index in [9.17, 15) is 8.42 Å². The number of thiophene rings is 1. The monoisotopic (exact) mass is 288 g/mol. The van der Waals surface area contributed by atoms with E-state index in [-0.39, 0.29) is 12.1 Å². The molecule has 1 aliphatic rings. The van der Waals surface area contributed by atoms with E-state index < -0.39 is 10.0 Å². The van der Waals surface area contributed by atoms with Gasteiger partial charge in [-0.2, -0.15) is 4.31 Å². The Hall–Kier alpha value is -0.430. The van der Waals surface area contributed by atoms with E-state index in [1.165, 1.54) is 11.3 Å². The van der Waals surface area contributed by atoms with Gasteiger partial charge in [-0.25, -0.2) is 8.42 Å². The average molecular weight is 288 g/mol. The molecule has 0 aromatic carbocycles.